The first kappa shape index (κ1) is 8.27. The predicted octanol–water partition coefficient (Wildman–Crippen LogP) is 0.752. The zero-order valence-electron chi connectivity index (χ0n) is 6.79. The summed E-state index contributed by atoms with van der Waals surface area (Å²) in [5, 5.41) is 0. The Morgan fingerprint density at radius 1 is 1.73 bits per heavy atom. The van der Waals surface area contributed by atoms with Gasteiger partial charge in [-0.3, -0.25) is 4.79 Å². The van der Waals surface area contributed by atoms with Gasteiger partial charge in [-0.2, -0.15) is 0 Å². The third-order valence-electron chi connectivity index (χ3n) is 1.52. The van der Waals surface area contributed by atoms with E-state index in [1.165, 1.54) is 0 Å². The standard InChI is InChI=1S/C8H12O3/c1-3-11-8(9)7-4-6(7)5-10-2/h4,7H,3,5H2,1-2H3. The molecule has 3 heteroatoms. The minimum Gasteiger partial charge on any atom is -0.465 e. The van der Waals surface area contributed by atoms with Crippen LogP contribution >= 0.6 is 0 Å². The zero-order valence-corrected chi connectivity index (χ0v) is 6.79. The molecule has 1 atom stereocenters. The summed E-state index contributed by atoms with van der Waals surface area (Å²) in [5.74, 6) is -0.241. The van der Waals surface area contributed by atoms with Crippen LogP contribution in [0.3, 0.4) is 0 Å². The maximum absolute atomic E-state index is 11.0. The van der Waals surface area contributed by atoms with Gasteiger partial charge in [0.15, 0.2) is 0 Å². The molecule has 62 valence electrons. The van der Waals surface area contributed by atoms with Crippen LogP contribution in [-0.4, -0.2) is 26.3 Å². The highest BCUT2D eigenvalue weighted by Crippen LogP contribution is 2.29. The molecule has 1 aliphatic rings. The second-order valence-corrected chi connectivity index (χ2v) is 2.40. The molecule has 0 spiro atoms. The van der Waals surface area contributed by atoms with Crippen molar-refractivity contribution in [2.24, 2.45) is 5.92 Å². The van der Waals surface area contributed by atoms with Gasteiger partial charge in [0, 0.05) is 7.11 Å². The molecule has 1 unspecified atom stereocenters. The molecule has 1 aliphatic carbocycles. The van der Waals surface area contributed by atoms with Crippen molar-refractivity contribution >= 4 is 5.97 Å². The number of hydrogen-bond acceptors (Lipinski definition) is 3. The van der Waals surface area contributed by atoms with Gasteiger partial charge < -0.3 is 9.47 Å². The van der Waals surface area contributed by atoms with Gasteiger partial charge in [0.1, 0.15) is 0 Å². The first-order valence-electron chi connectivity index (χ1n) is 3.65. The highest BCUT2D eigenvalue weighted by molar-refractivity contribution is 5.83. The fourth-order valence-corrected chi connectivity index (χ4v) is 0.922. The zero-order chi connectivity index (χ0) is 8.27. The molecule has 0 radical (unpaired) electrons. The van der Waals surface area contributed by atoms with E-state index >= 15 is 0 Å². The summed E-state index contributed by atoms with van der Waals surface area (Å²) in [6.07, 6.45) is 1.86. The van der Waals surface area contributed by atoms with E-state index in [0.717, 1.165) is 5.57 Å². The lowest BCUT2D eigenvalue weighted by Gasteiger charge is -1.99. The third kappa shape index (κ3) is 2.05. The van der Waals surface area contributed by atoms with Crippen LogP contribution in [0.4, 0.5) is 0 Å². The molecule has 0 bridgehead atoms. The van der Waals surface area contributed by atoms with Crippen molar-refractivity contribution in [2.75, 3.05) is 20.3 Å². The monoisotopic (exact) mass is 156 g/mol. The fourth-order valence-electron chi connectivity index (χ4n) is 0.922. The molecule has 3 nitrogen and oxygen atoms in total. The van der Waals surface area contributed by atoms with Crippen LogP contribution in [0.25, 0.3) is 0 Å². The highest BCUT2D eigenvalue weighted by atomic mass is 16.5. The van der Waals surface area contributed by atoms with Gasteiger partial charge in [-0.1, -0.05) is 6.08 Å². The van der Waals surface area contributed by atoms with E-state index in [-0.39, 0.29) is 11.9 Å². The minimum atomic E-state index is -0.153. The van der Waals surface area contributed by atoms with Crippen LogP contribution in [0.15, 0.2) is 11.6 Å². The summed E-state index contributed by atoms with van der Waals surface area (Å²) in [4.78, 5) is 11.0. The van der Waals surface area contributed by atoms with E-state index in [9.17, 15) is 4.79 Å². The van der Waals surface area contributed by atoms with Crippen molar-refractivity contribution in [1.82, 2.24) is 0 Å². The number of esters is 1. The lowest BCUT2D eigenvalue weighted by molar-refractivity contribution is -0.144. The van der Waals surface area contributed by atoms with Gasteiger partial charge in [0.2, 0.25) is 0 Å². The Kier molecular flexibility index (Phi) is 2.65. The topological polar surface area (TPSA) is 35.5 Å². The molecule has 0 amide bonds. The smallest absolute Gasteiger partial charge is 0.317 e. The van der Waals surface area contributed by atoms with Gasteiger partial charge in [-0.25, -0.2) is 0 Å². The van der Waals surface area contributed by atoms with Crippen LogP contribution in [0, 0.1) is 5.92 Å². The van der Waals surface area contributed by atoms with Crippen LogP contribution in [0.2, 0.25) is 0 Å². The highest BCUT2D eigenvalue weighted by Gasteiger charge is 2.32. The normalized spacial score (nSPS) is 20.9. The van der Waals surface area contributed by atoms with Crippen LogP contribution in [-0.2, 0) is 14.3 Å². The minimum absolute atomic E-state index is 0.0881. The van der Waals surface area contributed by atoms with E-state index in [2.05, 4.69) is 0 Å². The first-order chi connectivity index (χ1) is 5.29. The average Bonchev–Trinajstić information content (AvgIpc) is 2.69. The Morgan fingerprint density at radius 3 is 3.00 bits per heavy atom. The molecular formula is C8H12O3. The Labute approximate surface area is 66.0 Å². The Balaban J connectivity index is 2.18. The number of methoxy groups -OCH3 is 1. The molecule has 0 aromatic carbocycles. The van der Waals surface area contributed by atoms with E-state index in [0.29, 0.717) is 13.2 Å². The number of rotatable bonds is 4. The summed E-state index contributed by atoms with van der Waals surface area (Å²) in [5.41, 5.74) is 1.03. The van der Waals surface area contributed by atoms with Crippen molar-refractivity contribution in [3.63, 3.8) is 0 Å². The molecule has 0 aromatic heterocycles. The predicted molar refractivity (Wildman–Crippen MR) is 40.1 cm³/mol. The maximum atomic E-state index is 11.0. The van der Waals surface area contributed by atoms with Crippen molar-refractivity contribution in [1.29, 1.82) is 0 Å². The van der Waals surface area contributed by atoms with Crippen LogP contribution < -0.4 is 0 Å². The van der Waals surface area contributed by atoms with Crippen molar-refractivity contribution in [3.05, 3.63) is 11.6 Å². The Hall–Kier alpha value is -0.830. The van der Waals surface area contributed by atoms with Crippen LogP contribution in [0.5, 0.6) is 0 Å². The number of carbonyl (C=O) groups is 1. The lowest BCUT2D eigenvalue weighted by atomic mass is 10.3. The fraction of sp³-hybridized carbons (Fsp3) is 0.625. The van der Waals surface area contributed by atoms with Crippen LogP contribution in [0.1, 0.15) is 6.92 Å². The molecule has 0 N–H and O–H groups in total. The number of ether oxygens (including phenoxy) is 2. The Bertz CT molecular complexity index is 184. The molecule has 0 heterocycles. The van der Waals surface area contributed by atoms with Gasteiger partial charge in [0.05, 0.1) is 19.1 Å². The first-order valence-corrected chi connectivity index (χ1v) is 3.65. The van der Waals surface area contributed by atoms with E-state index in [1.54, 1.807) is 14.0 Å². The summed E-state index contributed by atoms with van der Waals surface area (Å²) in [6, 6.07) is 0. The molecule has 0 saturated carbocycles. The van der Waals surface area contributed by atoms with E-state index in [1.807, 2.05) is 6.08 Å². The molecule has 0 saturated heterocycles. The summed E-state index contributed by atoms with van der Waals surface area (Å²) >= 11 is 0. The second-order valence-electron chi connectivity index (χ2n) is 2.40. The number of carbonyl (C=O) groups excluding carboxylic acids is 1. The molecule has 1 rings (SSSR count). The van der Waals surface area contributed by atoms with Crippen molar-refractivity contribution in [3.8, 4) is 0 Å². The maximum Gasteiger partial charge on any atom is 0.317 e. The third-order valence-corrected chi connectivity index (χ3v) is 1.52. The summed E-state index contributed by atoms with van der Waals surface area (Å²) < 4.78 is 9.64. The van der Waals surface area contributed by atoms with Gasteiger partial charge in [0.25, 0.3) is 0 Å². The molecule has 11 heavy (non-hydrogen) atoms. The molecule has 0 fully saturated rings. The SMILES string of the molecule is CCOC(=O)C1C=C1COC. The lowest BCUT2D eigenvalue weighted by Crippen LogP contribution is -2.09. The molecular weight excluding hydrogens is 144 g/mol. The Morgan fingerprint density at radius 2 is 2.45 bits per heavy atom. The summed E-state index contributed by atoms with van der Waals surface area (Å²) in [6.45, 7) is 2.79. The molecule has 0 aromatic rings. The van der Waals surface area contributed by atoms with E-state index < -0.39 is 0 Å². The number of hydrogen-bond donors (Lipinski definition) is 0. The van der Waals surface area contributed by atoms with E-state index in [4.69, 9.17) is 9.47 Å². The van der Waals surface area contributed by atoms with Crippen molar-refractivity contribution in [2.45, 2.75) is 6.92 Å². The van der Waals surface area contributed by atoms with Crippen molar-refractivity contribution < 1.29 is 14.3 Å². The second kappa shape index (κ2) is 3.53. The quantitative estimate of drug-likeness (QED) is 0.445. The van der Waals surface area contributed by atoms with Gasteiger partial charge in [-0.05, 0) is 12.5 Å². The average molecular weight is 156 g/mol. The largest absolute Gasteiger partial charge is 0.465 e. The van der Waals surface area contributed by atoms with Gasteiger partial charge in [-0.15, -0.1) is 0 Å². The summed E-state index contributed by atoms with van der Waals surface area (Å²) in [7, 11) is 1.61. The van der Waals surface area contributed by atoms with Gasteiger partial charge >= 0.3 is 5.97 Å². The molecule has 0 aliphatic heterocycles.